The summed E-state index contributed by atoms with van der Waals surface area (Å²) in [5, 5.41) is 9.30. The number of aryl methyl sites for hydroxylation is 1. The highest BCUT2D eigenvalue weighted by atomic mass is 16.3. The average Bonchev–Trinajstić information content (AvgIpc) is 2.52. The molecule has 1 aromatic carbocycles. The predicted molar refractivity (Wildman–Crippen MR) is 80.8 cm³/mol. The molecule has 1 amide bonds. The molecule has 20 heavy (non-hydrogen) atoms. The molecule has 2 rings (SSSR count). The summed E-state index contributed by atoms with van der Waals surface area (Å²) in [5.41, 5.74) is 1.89. The standard InChI is InChI=1S/C17H25NO2/c1-2-14-8-6-7-11-16(14)17(20)18(12-13-19)15-9-4-3-5-10-15/h6-8,11,15,19H,2-5,9-10,12-13H2,1H3. The smallest absolute Gasteiger partial charge is 0.254 e. The van der Waals surface area contributed by atoms with Crippen molar-refractivity contribution in [3.63, 3.8) is 0 Å². The van der Waals surface area contributed by atoms with Gasteiger partial charge in [-0.25, -0.2) is 0 Å². The molecule has 0 spiro atoms. The van der Waals surface area contributed by atoms with E-state index >= 15 is 0 Å². The van der Waals surface area contributed by atoms with Crippen LogP contribution in [-0.2, 0) is 6.42 Å². The third kappa shape index (κ3) is 3.40. The lowest BCUT2D eigenvalue weighted by molar-refractivity contribution is 0.0584. The molecule has 1 N–H and O–H groups in total. The second-order valence-electron chi connectivity index (χ2n) is 5.52. The van der Waals surface area contributed by atoms with Crippen molar-refractivity contribution >= 4 is 5.91 Å². The van der Waals surface area contributed by atoms with Gasteiger partial charge < -0.3 is 10.0 Å². The Balaban J connectivity index is 2.21. The molecule has 110 valence electrons. The Morgan fingerprint density at radius 1 is 1.25 bits per heavy atom. The minimum Gasteiger partial charge on any atom is -0.395 e. The molecule has 0 radical (unpaired) electrons. The summed E-state index contributed by atoms with van der Waals surface area (Å²) in [6.45, 7) is 2.56. The number of rotatable bonds is 5. The van der Waals surface area contributed by atoms with E-state index in [0.717, 1.165) is 30.4 Å². The molecule has 3 heteroatoms. The van der Waals surface area contributed by atoms with Crippen molar-refractivity contribution in [3.8, 4) is 0 Å². The van der Waals surface area contributed by atoms with Gasteiger partial charge in [-0.1, -0.05) is 44.4 Å². The van der Waals surface area contributed by atoms with Crippen molar-refractivity contribution in [2.45, 2.75) is 51.5 Å². The number of benzene rings is 1. The van der Waals surface area contributed by atoms with Crippen LogP contribution < -0.4 is 0 Å². The summed E-state index contributed by atoms with van der Waals surface area (Å²) in [4.78, 5) is 14.7. The molecule has 1 aliphatic carbocycles. The maximum absolute atomic E-state index is 12.8. The summed E-state index contributed by atoms with van der Waals surface area (Å²) in [6.07, 6.45) is 6.65. The summed E-state index contributed by atoms with van der Waals surface area (Å²) in [7, 11) is 0. The van der Waals surface area contributed by atoms with E-state index in [0.29, 0.717) is 12.6 Å². The first-order valence-corrected chi connectivity index (χ1v) is 7.77. The van der Waals surface area contributed by atoms with E-state index in [-0.39, 0.29) is 12.5 Å². The molecule has 3 nitrogen and oxygen atoms in total. The molecule has 1 aliphatic rings. The number of nitrogens with zero attached hydrogens (tertiary/aromatic N) is 1. The van der Waals surface area contributed by atoms with Gasteiger partial charge in [-0.2, -0.15) is 0 Å². The highest BCUT2D eigenvalue weighted by Gasteiger charge is 2.26. The molecule has 0 atom stereocenters. The van der Waals surface area contributed by atoms with Crippen molar-refractivity contribution in [1.29, 1.82) is 0 Å². The number of aliphatic hydroxyl groups excluding tert-OH is 1. The summed E-state index contributed by atoms with van der Waals surface area (Å²) in [5.74, 6) is 0.0865. The largest absolute Gasteiger partial charge is 0.395 e. The number of amides is 1. The van der Waals surface area contributed by atoms with Gasteiger partial charge in [0.1, 0.15) is 0 Å². The van der Waals surface area contributed by atoms with Crippen LogP contribution in [0.2, 0.25) is 0 Å². The van der Waals surface area contributed by atoms with E-state index < -0.39 is 0 Å². The third-order valence-corrected chi connectivity index (χ3v) is 4.25. The minimum absolute atomic E-state index is 0.0382. The lowest BCUT2D eigenvalue weighted by Crippen LogP contribution is -2.43. The zero-order chi connectivity index (χ0) is 14.4. The van der Waals surface area contributed by atoms with Crippen LogP contribution in [0.15, 0.2) is 24.3 Å². The number of carbonyl (C=O) groups is 1. The maximum Gasteiger partial charge on any atom is 0.254 e. The fraction of sp³-hybridized carbons (Fsp3) is 0.588. The quantitative estimate of drug-likeness (QED) is 0.897. The fourth-order valence-corrected chi connectivity index (χ4v) is 3.14. The van der Waals surface area contributed by atoms with Gasteiger partial charge in [-0.3, -0.25) is 4.79 Å². The Bertz CT molecular complexity index is 438. The second-order valence-corrected chi connectivity index (χ2v) is 5.52. The van der Waals surface area contributed by atoms with Crippen LogP contribution in [0.3, 0.4) is 0 Å². The summed E-state index contributed by atoms with van der Waals surface area (Å²) >= 11 is 0. The van der Waals surface area contributed by atoms with Crippen LogP contribution in [-0.4, -0.2) is 35.1 Å². The molecule has 0 aromatic heterocycles. The Morgan fingerprint density at radius 2 is 1.95 bits per heavy atom. The second kappa shape index (κ2) is 7.44. The Morgan fingerprint density at radius 3 is 2.60 bits per heavy atom. The first-order valence-electron chi connectivity index (χ1n) is 7.77. The van der Waals surface area contributed by atoms with E-state index in [1.165, 1.54) is 19.3 Å². The Labute approximate surface area is 121 Å². The Hall–Kier alpha value is -1.35. The highest BCUT2D eigenvalue weighted by Crippen LogP contribution is 2.24. The van der Waals surface area contributed by atoms with Crippen molar-refractivity contribution in [3.05, 3.63) is 35.4 Å². The number of hydrogen-bond acceptors (Lipinski definition) is 2. The van der Waals surface area contributed by atoms with E-state index in [1.54, 1.807) is 0 Å². The monoisotopic (exact) mass is 275 g/mol. The van der Waals surface area contributed by atoms with Crippen molar-refractivity contribution < 1.29 is 9.90 Å². The molecule has 0 unspecified atom stereocenters. The highest BCUT2D eigenvalue weighted by molar-refractivity contribution is 5.96. The van der Waals surface area contributed by atoms with Crippen LogP contribution in [0.1, 0.15) is 54.9 Å². The van der Waals surface area contributed by atoms with Gasteiger partial charge in [-0.15, -0.1) is 0 Å². The molecule has 0 bridgehead atoms. The topological polar surface area (TPSA) is 40.5 Å². The van der Waals surface area contributed by atoms with Crippen molar-refractivity contribution in [1.82, 2.24) is 4.90 Å². The number of carbonyl (C=O) groups excluding carboxylic acids is 1. The fourth-order valence-electron chi connectivity index (χ4n) is 3.14. The Kier molecular flexibility index (Phi) is 5.60. The third-order valence-electron chi connectivity index (χ3n) is 4.25. The number of aliphatic hydroxyl groups is 1. The zero-order valence-electron chi connectivity index (χ0n) is 12.3. The average molecular weight is 275 g/mol. The van der Waals surface area contributed by atoms with E-state index in [9.17, 15) is 9.90 Å². The first-order chi connectivity index (χ1) is 9.77. The normalized spacial score (nSPS) is 16.1. The van der Waals surface area contributed by atoms with Gasteiger partial charge in [0.15, 0.2) is 0 Å². The molecule has 0 aliphatic heterocycles. The molecule has 1 fully saturated rings. The number of hydrogen-bond donors (Lipinski definition) is 1. The van der Waals surface area contributed by atoms with Crippen LogP contribution in [0.25, 0.3) is 0 Å². The molecule has 1 saturated carbocycles. The SMILES string of the molecule is CCc1ccccc1C(=O)N(CCO)C1CCCCC1. The van der Waals surface area contributed by atoms with Gasteiger partial charge in [0.2, 0.25) is 0 Å². The molecule has 1 aromatic rings. The van der Waals surface area contributed by atoms with Crippen LogP contribution in [0.4, 0.5) is 0 Å². The molecule has 0 heterocycles. The van der Waals surface area contributed by atoms with Gasteiger partial charge in [-0.05, 0) is 30.9 Å². The van der Waals surface area contributed by atoms with Crippen LogP contribution in [0.5, 0.6) is 0 Å². The van der Waals surface area contributed by atoms with Gasteiger partial charge >= 0.3 is 0 Å². The maximum atomic E-state index is 12.8. The van der Waals surface area contributed by atoms with Gasteiger partial charge in [0, 0.05) is 18.2 Å². The summed E-state index contributed by atoms with van der Waals surface area (Å²) < 4.78 is 0. The lowest BCUT2D eigenvalue weighted by atomic mass is 9.93. The van der Waals surface area contributed by atoms with Gasteiger partial charge in [0.05, 0.1) is 6.61 Å². The summed E-state index contributed by atoms with van der Waals surface area (Å²) in [6, 6.07) is 8.13. The predicted octanol–water partition coefficient (Wildman–Crippen LogP) is 3.02. The van der Waals surface area contributed by atoms with E-state index in [1.807, 2.05) is 29.2 Å². The lowest BCUT2D eigenvalue weighted by Gasteiger charge is -2.34. The molecule has 0 saturated heterocycles. The van der Waals surface area contributed by atoms with Crippen LogP contribution in [0, 0.1) is 0 Å². The molecular formula is C17H25NO2. The van der Waals surface area contributed by atoms with Crippen molar-refractivity contribution in [2.75, 3.05) is 13.2 Å². The molecular weight excluding hydrogens is 250 g/mol. The van der Waals surface area contributed by atoms with E-state index in [4.69, 9.17) is 0 Å². The zero-order valence-corrected chi connectivity index (χ0v) is 12.3. The van der Waals surface area contributed by atoms with E-state index in [2.05, 4.69) is 6.92 Å². The van der Waals surface area contributed by atoms with Crippen LogP contribution >= 0.6 is 0 Å². The first kappa shape index (κ1) is 15.0. The van der Waals surface area contributed by atoms with Gasteiger partial charge in [0.25, 0.3) is 5.91 Å². The van der Waals surface area contributed by atoms with Crippen molar-refractivity contribution in [2.24, 2.45) is 0 Å². The minimum atomic E-state index is 0.0382.